The van der Waals surface area contributed by atoms with Crippen LogP contribution in [0.3, 0.4) is 0 Å². The summed E-state index contributed by atoms with van der Waals surface area (Å²) in [6, 6.07) is 7.70. The van der Waals surface area contributed by atoms with Gasteiger partial charge in [-0.25, -0.2) is 0 Å². The third-order valence-corrected chi connectivity index (χ3v) is 2.60. The molecule has 2 N–H and O–H groups in total. The van der Waals surface area contributed by atoms with Crippen molar-refractivity contribution in [2.45, 2.75) is 32.7 Å². The van der Waals surface area contributed by atoms with Crippen molar-refractivity contribution in [2.24, 2.45) is 0 Å². The second kappa shape index (κ2) is 6.03. The average molecular weight is 235 g/mol. The van der Waals surface area contributed by atoms with E-state index in [2.05, 4.69) is 5.32 Å². The van der Waals surface area contributed by atoms with Crippen molar-refractivity contribution >= 4 is 11.9 Å². The van der Waals surface area contributed by atoms with Crippen LogP contribution in [0.15, 0.2) is 24.3 Å². The lowest BCUT2D eigenvalue weighted by Crippen LogP contribution is -2.27. The van der Waals surface area contributed by atoms with E-state index in [0.29, 0.717) is 0 Å². The van der Waals surface area contributed by atoms with Crippen LogP contribution in [-0.2, 0) is 9.59 Å². The van der Waals surface area contributed by atoms with Crippen LogP contribution in [0, 0.1) is 6.92 Å². The van der Waals surface area contributed by atoms with Crippen LogP contribution in [-0.4, -0.2) is 17.0 Å². The number of amides is 1. The van der Waals surface area contributed by atoms with Gasteiger partial charge in [-0.15, -0.1) is 0 Å². The van der Waals surface area contributed by atoms with Gasteiger partial charge in [-0.3, -0.25) is 9.59 Å². The molecule has 0 heterocycles. The Kier molecular flexibility index (Phi) is 4.69. The molecule has 0 aliphatic carbocycles. The molecule has 0 aliphatic heterocycles. The van der Waals surface area contributed by atoms with Crippen molar-refractivity contribution < 1.29 is 14.7 Å². The summed E-state index contributed by atoms with van der Waals surface area (Å²) in [5, 5.41) is 11.3. The van der Waals surface area contributed by atoms with Crippen molar-refractivity contribution in [3.8, 4) is 0 Å². The summed E-state index contributed by atoms with van der Waals surface area (Å²) in [4.78, 5) is 21.8. The lowest BCUT2D eigenvalue weighted by Gasteiger charge is -2.16. The summed E-state index contributed by atoms with van der Waals surface area (Å²) < 4.78 is 0. The number of carbonyl (C=O) groups excluding carboxylic acids is 1. The molecule has 0 unspecified atom stereocenters. The minimum Gasteiger partial charge on any atom is -0.481 e. The smallest absolute Gasteiger partial charge is 0.303 e. The molecular weight excluding hydrogens is 218 g/mol. The molecule has 0 aromatic heterocycles. The largest absolute Gasteiger partial charge is 0.481 e. The molecule has 0 radical (unpaired) electrons. The lowest BCUT2D eigenvalue weighted by molar-refractivity contribution is -0.138. The first-order chi connectivity index (χ1) is 8.00. The van der Waals surface area contributed by atoms with Gasteiger partial charge < -0.3 is 10.4 Å². The first-order valence-corrected chi connectivity index (χ1v) is 5.57. The third-order valence-electron chi connectivity index (χ3n) is 2.60. The molecule has 17 heavy (non-hydrogen) atoms. The molecule has 0 bridgehead atoms. The Balaban J connectivity index is 2.55. The Morgan fingerprint density at radius 3 is 2.53 bits per heavy atom. The molecule has 4 nitrogen and oxygen atoms in total. The first-order valence-electron chi connectivity index (χ1n) is 5.57. The van der Waals surface area contributed by atoms with Gasteiger partial charge in [-0.2, -0.15) is 0 Å². The summed E-state index contributed by atoms with van der Waals surface area (Å²) in [6.45, 7) is 3.87. The zero-order valence-electron chi connectivity index (χ0n) is 10.1. The van der Waals surface area contributed by atoms with Crippen LogP contribution in [0.4, 0.5) is 0 Å². The van der Waals surface area contributed by atoms with E-state index in [0.717, 1.165) is 11.1 Å². The molecule has 1 aromatic rings. The molecule has 0 spiro atoms. The number of carbonyl (C=O) groups is 2. The number of aryl methyl sites for hydroxylation is 1. The van der Waals surface area contributed by atoms with Gasteiger partial charge in [0.2, 0.25) is 5.91 Å². The highest BCUT2D eigenvalue weighted by Crippen LogP contribution is 2.16. The highest BCUT2D eigenvalue weighted by Gasteiger charge is 2.11. The van der Waals surface area contributed by atoms with Crippen molar-refractivity contribution in [3.05, 3.63) is 35.4 Å². The number of hydrogen-bond acceptors (Lipinski definition) is 2. The molecule has 1 rings (SSSR count). The number of hydrogen-bond donors (Lipinski definition) is 2. The van der Waals surface area contributed by atoms with E-state index in [1.807, 2.05) is 38.1 Å². The minimum atomic E-state index is -0.955. The maximum atomic E-state index is 11.5. The quantitative estimate of drug-likeness (QED) is 0.820. The maximum Gasteiger partial charge on any atom is 0.303 e. The van der Waals surface area contributed by atoms with Gasteiger partial charge in [-0.1, -0.05) is 24.3 Å². The fourth-order valence-electron chi connectivity index (χ4n) is 1.68. The second-order valence-electron chi connectivity index (χ2n) is 4.04. The summed E-state index contributed by atoms with van der Waals surface area (Å²) >= 11 is 0. The summed E-state index contributed by atoms with van der Waals surface area (Å²) in [5.41, 5.74) is 2.16. The summed E-state index contributed by atoms with van der Waals surface area (Å²) in [7, 11) is 0. The third kappa shape index (κ3) is 4.26. The standard InChI is InChI=1S/C13H17NO3/c1-9-5-3-4-6-11(9)10(2)14-12(15)7-8-13(16)17/h3-6,10H,7-8H2,1-2H3,(H,14,15)(H,16,17)/t10-/m1/s1. The van der Waals surface area contributed by atoms with Gasteiger partial charge in [0, 0.05) is 6.42 Å². The molecule has 1 atom stereocenters. The number of carboxylic acid groups (broad SMARTS) is 1. The van der Waals surface area contributed by atoms with Crippen molar-refractivity contribution in [2.75, 3.05) is 0 Å². The molecule has 92 valence electrons. The molecule has 4 heteroatoms. The van der Waals surface area contributed by atoms with Crippen molar-refractivity contribution in [1.29, 1.82) is 0 Å². The molecule has 0 saturated heterocycles. The van der Waals surface area contributed by atoms with E-state index in [1.165, 1.54) is 0 Å². The molecule has 1 aromatic carbocycles. The zero-order valence-corrected chi connectivity index (χ0v) is 10.1. The van der Waals surface area contributed by atoms with Gasteiger partial charge in [0.25, 0.3) is 0 Å². The Morgan fingerprint density at radius 2 is 1.94 bits per heavy atom. The fraction of sp³-hybridized carbons (Fsp3) is 0.385. The van der Waals surface area contributed by atoms with Gasteiger partial charge in [0.05, 0.1) is 12.5 Å². The predicted molar refractivity (Wildman–Crippen MR) is 64.6 cm³/mol. The highest BCUT2D eigenvalue weighted by atomic mass is 16.4. The van der Waals surface area contributed by atoms with Gasteiger partial charge in [0.15, 0.2) is 0 Å². The van der Waals surface area contributed by atoms with Crippen molar-refractivity contribution in [3.63, 3.8) is 0 Å². The van der Waals surface area contributed by atoms with Gasteiger partial charge in [-0.05, 0) is 25.0 Å². The van der Waals surface area contributed by atoms with Crippen LogP contribution in [0.25, 0.3) is 0 Å². The van der Waals surface area contributed by atoms with Crippen LogP contribution in [0.2, 0.25) is 0 Å². The Hall–Kier alpha value is -1.84. The van der Waals surface area contributed by atoms with E-state index < -0.39 is 5.97 Å². The number of aliphatic carboxylic acids is 1. The first kappa shape index (κ1) is 13.2. The monoisotopic (exact) mass is 235 g/mol. The van der Waals surface area contributed by atoms with Crippen LogP contribution in [0.5, 0.6) is 0 Å². The molecule has 0 fully saturated rings. The maximum absolute atomic E-state index is 11.5. The summed E-state index contributed by atoms with van der Waals surface area (Å²) in [6.07, 6.45) is -0.113. The molecule has 0 aliphatic rings. The van der Waals surface area contributed by atoms with Crippen molar-refractivity contribution in [1.82, 2.24) is 5.32 Å². The normalized spacial score (nSPS) is 11.9. The fourth-order valence-corrected chi connectivity index (χ4v) is 1.68. The average Bonchev–Trinajstić information content (AvgIpc) is 2.26. The topological polar surface area (TPSA) is 66.4 Å². The van der Waals surface area contributed by atoms with E-state index in [-0.39, 0.29) is 24.8 Å². The molecular formula is C13H17NO3. The van der Waals surface area contributed by atoms with E-state index in [4.69, 9.17) is 5.11 Å². The van der Waals surface area contributed by atoms with Crippen LogP contribution in [0.1, 0.15) is 36.9 Å². The minimum absolute atomic E-state index is 0.0194. The van der Waals surface area contributed by atoms with Gasteiger partial charge in [0.1, 0.15) is 0 Å². The Bertz CT molecular complexity index is 415. The number of benzene rings is 1. The summed E-state index contributed by atoms with van der Waals surface area (Å²) in [5.74, 6) is -1.19. The zero-order chi connectivity index (χ0) is 12.8. The van der Waals surface area contributed by atoms with Gasteiger partial charge >= 0.3 is 5.97 Å². The van der Waals surface area contributed by atoms with E-state index in [9.17, 15) is 9.59 Å². The number of nitrogens with one attached hydrogen (secondary N) is 1. The van der Waals surface area contributed by atoms with E-state index in [1.54, 1.807) is 0 Å². The SMILES string of the molecule is Cc1ccccc1[C@@H](C)NC(=O)CCC(=O)O. The predicted octanol–water partition coefficient (Wildman–Crippen LogP) is 2.04. The lowest BCUT2D eigenvalue weighted by atomic mass is 10.0. The van der Waals surface area contributed by atoms with Crippen LogP contribution < -0.4 is 5.32 Å². The Morgan fingerprint density at radius 1 is 1.29 bits per heavy atom. The number of rotatable bonds is 5. The second-order valence-corrected chi connectivity index (χ2v) is 4.04. The Labute approximate surface area is 101 Å². The molecule has 1 amide bonds. The highest BCUT2D eigenvalue weighted by molar-refractivity contribution is 5.80. The van der Waals surface area contributed by atoms with E-state index >= 15 is 0 Å². The molecule has 0 saturated carbocycles. The number of carboxylic acids is 1. The van der Waals surface area contributed by atoms with Crippen LogP contribution >= 0.6 is 0 Å².